The normalized spacial score (nSPS) is 10.3. The van der Waals surface area contributed by atoms with Crippen LogP contribution in [0, 0.1) is 0 Å². The van der Waals surface area contributed by atoms with Crippen molar-refractivity contribution in [2.24, 2.45) is 0 Å². The van der Waals surface area contributed by atoms with Gasteiger partial charge in [0.25, 0.3) is 0 Å². The molecule has 0 saturated carbocycles. The number of carbonyl (C=O) groups is 1. The van der Waals surface area contributed by atoms with Crippen LogP contribution in [0.15, 0.2) is 25.3 Å². The number of nitrogens with zero attached hydrogens (tertiary/aromatic N) is 2. The van der Waals surface area contributed by atoms with Crippen molar-refractivity contribution in [3.05, 3.63) is 25.3 Å². The third-order valence-corrected chi connectivity index (χ3v) is 2.41. The predicted molar refractivity (Wildman–Crippen MR) is 72.5 cm³/mol. The van der Waals surface area contributed by atoms with Crippen LogP contribution in [-0.4, -0.2) is 49.2 Å². The van der Waals surface area contributed by atoms with Crippen molar-refractivity contribution >= 4 is 5.91 Å². The third-order valence-electron chi connectivity index (χ3n) is 2.41. The van der Waals surface area contributed by atoms with Gasteiger partial charge in [-0.3, -0.25) is 9.80 Å². The molecule has 0 aliphatic carbocycles. The average Bonchev–Trinajstić information content (AvgIpc) is 2.33. The molecule has 0 radical (unpaired) electrons. The fourth-order valence-corrected chi connectivity index (χ4v) is 1.43. The first-order valence-electron chi connectivity index (χ1n) is 6.11. The van der Waals surface area contributed by atoms with Crippen LogP contribution in [0.2, 0.25) is 0 Å². The van der Waals surface area contributed by atoms with Gasteiger partial charge in [0, 0.05) is 33.1 Å². The number of amides is 1. The molecule has 4 nitrogen and oxygen atoms in total. The van der Waals surface area contributed by atoms with E-state index in [2.05, 4.69) is 25.4 Å². The van der Waals surface area contributed by atoms with Crippen molar-refractivity contribution in [3.8, 4) is 0 Å². The molecule has 0 unspecified atom stereocenters. The van der Waals surface area contributed by atoms with Gasteiger partial charge in [-0.1, -0.05) is 19.1 Å². The van der Waals surface area contributed by atoms with E-state index < -0.39 is 0 Å². The van der Waals surface area contributed by atoms with Gasteiger partial charge in [0.15, 0.2) is 0 Å². The Hall–Kier alpha value is -1.13. The van der Waals surface area contributed by atoms with Crippen molar-refractivity contribution in [1.29, 1.82) is 0 Å². The molecule has 0 heterocycles. The standard InChI is InChI=1S/C13H25N3O/c1-5-9-14-10-8-13(17)15(4)16(11-6-2)12-7-3/h6-7,14H,2-3,5,8-12H2,1,4H3. The summed E-state index contributed by atoms with van der Waals surface area (Å²) in [5, 5.41) is 6.77. The van der Waals surface area contributed by atoms with Gasteiger partial charge in [-0.15, -0.1) is 13.2 Å². The van der Waals surface area contributed by atoms with E-state index in [4.69, 9.17) is 0 Å². The minimum absolute atomic E-state index is 0.109. The van der Waals surface area contributed by atoms with E-state index >= 15 is 0 Å². The minimum atomic E-state index is 0.109. The Kier molecular flexibility index (Phi) is 9.38. The zero-order valence-corrected chi connectivity index (χ0v) is 11.1. The minimum Gasteiger partial charge on any atom is -0.316 e. The first-order valence-corrected chi connectivity index (χ1v) is 6.11. The number of hydrogen-bond donors (Lipinski definition) is 1. The van der Waals surface area contributed by atoms with E-state index in [1.54, 1.807) is 24.2 Å². The smallest absolute Gasteiger partial charge is 0.237 e. The summed E-state index contributed by atoms with van der Waals surface area (Å²) in [6.07, 6.45) is 5.16. The average molecular weight is 239 g/mol. The maximum Gasteiger partial charge on any atom is 0.237 e. The molecule has 0 fully saturated rings. The van der Waals surface area contributed by atoms with E-state index in [1.807, 2.05) is 5.01 Å². The quantitative estimate of drug-likeness (QED) is 0.356. The molecule has 0 aromatic heterocycles. The Morgan fingerprint density at radius 2 is 1.82 bits per heavy atom. The third kappa shape index (κ3) is 6.92. The highest BCUT2D eigenvalue weighted by molar-refractivity contribution is 5.75. The molecule has 0 aliphatic heterocycles. The van der Waals surface area contributed by atoms with Crippen LogP contribution in [-0.2, 0) is 4.79 Å². The Bertz CT molecular complexity index is 231. The summed E-state index contributed by atoms with van der Waals surface area (Å²) in [5.41, 5.74) is 0. The summed E-state index contributed by atoms with van der Waals surface area (Å²) in [6.45, 7) is 12.5. The highest BCUT2D eigenvalue weighted by atomic mass is 16.2. The molecule has 98 valence electrons. The van der Waals surface area contributed by atoms with Crippen molar-refractivity contribution in [3.63, 3.8) is 0 Å². The number of rotatable bonds is 10. The summed E-state index contributed by atoms with van der Waals surface area (Å²) in [4.78, 5) is 11.9. The van der Waals surface area contributed by atoms with Crippen LogP contribution in [0.25, 0.3) is 0 Å². The first-order chi connectivity index (χ1) is 8.17. The monoisotopic (exact) mass is 239 g/mol. The lowest BCUT2D eigenvalue weighted by atomic mass is 10.3. The van der Waals surface area contributed by atoms with Gasteiger partial charge in [0.2, 0.25) is 5.91 Å². The SMILES string of the molecule is C=CCN(CC=C)N(C)C(=O)CCNCCC. The van der Waals surface area contributed by atoms with Gasteiger partial charge in [-0.05, 0) is 13.0 Å². The summed E-state index contributed by atoms with van der Waals surface area (Å²) < 4.78 is 0. The first kappa shape index (κ1) is 15.9. The number of hydrazine groups is 1. The van der Waals surface area contributed by atoms with Crippen molar-refractivity contribution < 1.29 is 4.79 Å². The van der Waals surface area contributed by atoms with Gasteiger partial charge < -0.3 is 5.32 Å². The maximum atomic E-state index is 11.9. The van der Waals surface area contributed by atoms with Gasteiger partial charge in [0.1, 0.15) is 0 Å². The van der Waals surface area contributed by atoms with Crippen molar-refractivity contribution in [2.45, 2.75) is 19.8 Å². The van der Waals surface area contributed by atoms with Gasteiger partial charge in [-0.25, -0.2) is 5.01 Å². The molecule has 0 spiro atoms. The molecule has 0 aliphatic rings. The Labute approximate surface area is 105 Å². The Balaban J connectivity index is 4.05. The highest BCUT2D eigenvalue weighted by Crippen LogP contribution is 1.99. The molecule has 0 aromatic carbocycles. The van der Waals surface area contributed by atoms with Gasteiger partial charge in [0.05, 0.1) is 0 Å². The number of nitrogens with one attached hydrogen (secondary N) is 1. The number of hydrogen-bond acceptors (Lipinski definition) is 3. The topological polar surface area (TPSA) is 35.6 Å². The van der Waals surface area contributed by atoms with E-state index in [9.17, 15) is 4.79 Å². The Morgan fingerprint density at radius 3 is 2.29 bits per heavy atom. The molecule has 0 saturated heterocycles. The lowest BCUT2D eigenvalue weighted by Crippen LogP contribution is -2.44. The predicted octanol–water partition coefficient (Wildman–Crippen LogP) is 1.42. The van der Waals surface area contributed by atoms with E-state index in [0.717, 1.165) is 19.5 Å². The molecule has 0 bridgehead atoms. The van der Waals surface area contributed by atoms with E-state index in [1.165, 1.54) is 0 Å². The van der Waals surface area contributed by atoms with Crippen LogP contribution >= 0.6 is 0 Å². The van der Waals surface area contributed by atoms with Crippen LogP contribution in [0.5, 0.6) is 0 Å². The molecule has 0 atom stereocenters. The van der Waals surface area contributed by atoms with Crippen molar-refractivity contribution in [1.82, 2.24) is 15.3 Å². The summed E-state index contributed by atoms with van der Waals surface area (Å²) in [6, 6.07) is 0. The fraction of sp³-hybridized carbons (Fsp3) is 0.615. The van der Waals surface area contributed by atoms with Crippen LogP contribution in [0.3, 0.4) is 0 Å². The van der Waals surface area contributed by atoms with Crippen LogP contribution in [0.4, 0.5) is 0 Å². The molecule has 0 aromatic rings. The molecular formula is C13H25N3O. The molecule has 4 heteroatoms. The second-order valence-electron chi connectivity index (χ2n) is 3.87. The molecule has 1 N–H and O–H groups in total. The Morgan fingerprint density at radius 1 is 1.24 bits per heavy atom. The van der Waals surface area contributed by atoms with Gasteiger partial charge in [-0.2, -0.15) is 0 Å². The van der Waals surface area contributed by atoms with Gasteiger partial charge >= 0.3 is 0 Å². The maximum absolute atomic E-state index is 11.9. The zero-order valence-electron chi connectivity index (χ0n) is 11.1. The van der Waals surface area contributed by atoms with Crippen LogP contribution in [0.1, 0.15) is 19.8 Å². The lowest BCUT2D eigenvalue weighted by Gasteiger charge is -2.30. The second-order valence-corrected chi connectivity index (χ2v) is 3.87. The summed E-state index contributed by atoms with van der Waals surface area (Å²) in [5.74, 6) is 0.109. The second kappa shape index (κ2) is 10.1. The number of carbonyl (C=O) groups excluding carboxylic acids is 1. The molecule has 17 heavy (non-hydrogen) atoms. The molecule has 1 amide bonds. The summed E-state index contributed by atoms with van der Waals surface area (Å²) >= 11 is 0. The van der Waals surface area contributed by atoms with E-state index in [0.29, 0.717) is 19.5 Å². The largest absolute Gasteiger partial charge is 0.316 e. The molecular weight excluding hydrogens is 214 g/mol. The molecule has 0 rings (SSSR count). The van der Waals surface area contributed by atoms with E-state index in [-0.39, 0.29) is 5.91 Å². The summed E-state index contributed by atoms with van der Waals surface area (Å²) in [7, 11) is 1.79. The zero-order chi connectivity index (χ0) is 13.1. The highest BCUT2D eigenvalue weighted by Gasteiger charge is 2.14. The van der Waals surface area contributed by atoms with Crippen LogP contribution < -0.4 is 5.32 Å². The lowest BCUT2D eigenvalue weighted by molar-refractivity contribution is -0.143. The van der Waals surface area contributed by atoms with Crippen molar-refractivity contribution in [2.75, 3.05) is 33.2 Å². The fourth-order valence-electron chi connectivity index (χ4n) is 1.43.